The van der Waals surface area contributed by atoms with Gasteiger partial charge in [0.1, 0.15) is 0 Å². The van der Waals surface area contributed by atoms with Crippen molar-refractivity contribution in [2.75, 3.05) is 11.5 Å². The SMILES string of the molecule is Cc1ccc(SCCS(=O)O)cc1. The predicted molar refractivity (Wildman–Crippen MR) is 57.5 cm³/mol. The molecule has 0 heterocycles. The minimum Gasteiger partial charge on any atom is -0.306 e. The standard InChI is InChI=1S/C9H12O2S2/c1-8-2-4-9(5-3-8)12-6-7-13(10)11/h2-5H,6-7H2,1H3,(H,10,11). The molecule has 0 saturated carbocycles. The Labute approximate surface area is 85.0 Å². The molecule has 1 rings (SSSR count). The third-order valence-corrected chi connectivity index (χ3v) is 3.37. The van der Waals surface area contributed by atoms with Crippen molar-refractivity contribution in [2.45, 2.75) is 11.8 Å². The van der Waals surface area contributed by atoms with E-state index in [-0.39, 0.29) is 0 Å². The molecule has 1 N–H and O–H groups in total. The van der Waals surface area contributed by atoms with E-state index in [4.69, 9.17) is 4.55 Å². The fraction of sp³-hybridized carbons (Fsp3) is 0.333. The van der Waals surface area contributed by atoms with E-state index >= 15 is 0 Å². The first kappa shape index (κ1) is 10.8. The van der Waals surface area contributed by atoms with Crippen LogP contribution in [0.2, 0.25) is 0 Å². The summed E-state index contributed by atoms with van der Waals surface area (Å²) in [5, 5.41) is 0. The van der Waals surface area contributed by atoms with E-state index in [1.165, 1.54) is 5.56 Å². The van der Waals surface area contributed by atoms with Crippen LogP contribution >= 0.6 is 11.8 Å². The van der Waals surface area contributed by atoms with Crippen LogP contribution < -0.4 is 0 Å². The first-order valence-corrected chi connectivity index (χ1v) is 6.21. The molecule has 0 bridgehead atoms. The quantitative estimate of drug-likeness (QED) is 0.620. The van der Waals surface area contributed by atoms with Gasteiger partial charge in [0.2, 0.25) is 0 Å². The summed E-state index contributed by atoms with van der Waals surface area (Å²) in [5.74, 6) is 1.02. The highest BCUT2D eigenvalue weighted by Gasteiger charge is 1.96. The molecule has 1 atom stereocenters. The lowest BCUT2D eigenvalue weighted by atomic mass is 10.2. The van der Waals surface area contributed by atoms with Crippen molar-refractivity contribution >= 4 is 22.8 Å². The molecular weight excluding hydrogens is 204 g/mol. The van der Waals surface area contributed by atoms with Crippen LogP contribution in [0.25, 0.3) is 0 Å². The van der Waals surface area contributed by atoms with E-state index < -0.39 is 11.1 Å². The van der Waals surface area contributed by atoms with Gasteiger partial charge in [-0.05, 0) is 19.1 Å². The Morgan fingerprint density at radius 1 is 1.38 bits per heavy atom. The van der Waals surface area contributed by atoms with Gasteiger partial charge in [-0.3, -0.25) is 0 Å². The molecule has 2 nitrogen and oxygen atoms in total. The van der Waals surface area contributed by atoms with E-state index in [9.17, 15) is 4.21 Å². The van der Waals surface area contributed by atoms with Gasteiger partial charge >= 0.3 is 0 Å². The smallest absolute Gasteiger partial charge is 0.153 e. The van der Waals surface area contributed by atoms with E-state index in [1.54, 1.807) is 11.8 Å². The molecule has 0 aliphatic rings. The van der Waals surface area contributed by atoms with Gasteiger partial charge in [0.25, 0.3) is 0 Å². The Hall–Kier alpha value is -0.320. The molecule has 0 fully saturated rings. The molecule has 1 aromatic rings. The number of benzene rings is 1. The van der Waals surface area contributed by atoms with Crippen LogP contribution in [0.1, 0.15) is 5.56 Å². The molecule has 4 heteroatoms. The summed E-state index contributed by atoms with van der Waals surface area (Å²) in [6.07, 6.45) is 0. The van der Waals surface area contributed by atoms with Crippen LogP contribution in [-0.2, 0) is 11.1 Å². The van der Waals surface area contributed by atoms with Gasteiger partial charge in [0, 0.05) is 10.6 Å². The average molecular weight is 216 g/mol. The lowest BCUT2D eigenvalue weighted by Crippen LogP contribution is -1.96. The van der Waals surface area contributed by atoms with Crippen molar-refractivity contribution in [3.8, 4) is 0 Å². The van der Waals surface area contributed by atoms with Crippen LogP contribution in [0, 0.1) is 6.92 Å². The summed E-state index contributed by atoms with van der Waals surface area (Å²) in [6, 6.07) is 8.14. The molecule has 0 aliphatic heterocycles. The van der Waals surface area contributed by atoms with E-state index in [1.807, 2.05) is 31.2 Å². The summed E-state index contributed by atoms with van der Waals surface area (Å²) >= 11 is -0.0601. The second-order valence-electron chi connectivity index (χ2n) is 2.69. The maximum Gasteiger partial charge on any atom is 0.153 e. The van der Waals surface area contributed by atoms with E-state index in [0.29, 0.717) is 11.5 Å². The maximum atomic E-state index is 10.3. The summed E-state index contributed by atoms with van der Waals surface area (Å²) in [6.45, 7) is 2.04. The molecule has 72 valence electrons. The van der Waals surface area contributed by atoms with Gasteiger partial charge in [0.15, 0.2) is 11.1 Å². The zero-order valence-corrected chi connectivity index (χ0v) is 9.03. The van der Waals surface area contributed by atoms with Gasteiger partial charge in [-0.1, -0.05) is 17.7 Å². The highest BCUT2D eigenvalue weighted by atomic mass is 32.2. The molecule has 0 amide bonds. The zero-order valence-electron chi connectivity index (χ0n) is 7.40. The summed E-state index contributed by atoms with van der Waals surface area (Å²) in [5.41, 5.74) is 1.23. The van der Waals surface area contributed by atoms with Crippen LogP contribution in [0.3, 0.4) is 0 Å². The third-order valence-electron chi connectivity index (χ3n) is 1.55. The molecule has 0 spiro atoms. The second kappa shape index (κ2) is 5.42. The average Bonchev–Trinajstić information content (AvgIpc) is 2.08. The molecule has 0 aliphatic carbocycles. The van der Waals surface area contributed by atoms with Gasteiger partial charge in [-0.2, -0.15) is 0 Å². The number of thioether (sulfide) groups is 1. The summed E-state index contributed by atoms with van der Waals surface area (Å²) in [7, 11) is 0. The number of aryl methyl sites for hydroxylation is 1. The largest absolute Gasteiger partial charge is 0.306 e. The molecule has 0 saturated heterocycles. The van der Waals surface area contributed by atoms with E-state index in [2.05, 4.69) is 0 Å². The maximum absolute atomic E-state index is 10.3. The van der Waals surface area contributed by atoms with Crippen molar-refractivity contribution in [1.29, 1.82) is 0 Å². The van der Waals surface area contributed by atoms with Gasteiger partial charge in [-0.15, -0.1) is 11.8 Å². The Morgan fingerprint density at radius 2 is 2.00 bits per heavy atom. The highest BCUT2D eigenvalue weighted by molar-refractivity contribution is 8.00. The van der Waals surface area contributed by atoms with Crippen molar-refractivity contribution in [3.05, 3.63) is 29.8 Å². The van der Waals surface area contributed by atoms with Crippen LogP contribution in [0.4, 0.5) is 0 Å². The van der Waals surface area contributed by atoms with Crippen molar-refractivity contribution in [2.24, 2.45) is 0 Å². The van der Waals surface area contributed by atoms with Crippen LogP contribution in [-0.4, -0.2) is 20.3 Å². The minimum absolute atomic E-state index is 0.332. The topological polar surface area (TPSA) is 37.3 Å². The Bertz CT molecular complexity index is 282. The van der Waals surface area contributed by atoms with Crippen molar-refractivity contribution < 1.29 is 8.76 Å². The number of hydrogen-bond donors (Lipinski definition) is 1. The van der Waals surface area contributed by atoms with Gasteiger partial charge < -0.3 is 4.55 Å². The number of rotatable bonds is 4. The normalized spacial score (nSPS) is 12.8. The van der Waals surface area contributed by atoms with E-state index in [0.717, 1.165) is 4.90 Å². The van der Waals surface area contributed by atoms with Crippen LogP contribution in [0.5, 0.6) is 0 Å². The molecule has 1 unspecified atom stereocenters. The van der Waals surface area contributed by atoms with Gasteiger partial charge in [-0.25, -0.2) is 4.21 Å². The summed E-state index contributed by atoms with van der Waals surface area (Å²) < 4.78 is 18.9. The third kappa shape index (κ3) is 4.45. The predicted octanol–water partition coefficient (Wildman–Crippen LogP) is 2.31. The first-order chi connectivity index (χ1) is 6.18. The molecule has 1 aromatic carbocycles. The summed E-state index contributed by atoms with van der Waals surface area (Å²) in [4.78, 5) is 1.15. The number of hydrogen-bond acceptors (Lipinski definition) is 2. The lowest BCUT2D eigenvalue weighted by Gasteiger charge is -1.99. The molecule has 0 radical (unpaired) electrons. The van der Waals surface area contributed by atoms with Crippen LogP contribution in [0.15, 0.2) is 29.2 Å². The zero-order chi connectivity index (χ0) is 9.68. The lowest BCUT2D eigenvalue weighted by molar-refractivity contribution is 0.566. The van der Waals surface area contributed by atoms with Crippen molar-refractivity contribution in [1.82, 2.24) is 0 Å². The highest BCUT2D eigenvalue weighted by Crippen LogP contribution is 2.17. The fourth-order valence-corrected chi connectivity index (χ4v) is 2.33. The van der Waals surface area contributed by atoms with Crippen molar-refractivity contribution in [3.63, 3.8) is 0 Å². The molecule has 0 aromatic heterocycles. The monoisotopic (exact) mass is 216 g/mol. The van der Waals surface area contributed by atoms with Gasteiger partial charge in [0.05, 0.1) is 5.75 Å². The Kier molecular flexibility index (Phi) is 4.48. The minimum atomic E-state index is -1.66. The molecular formula is C9H12O2S2. The Balaban J connectivity index is 2.37. The second-order valence-corrected chi connectivity index (χ2v) is 4.91. The first-order valence-electron chi connectivity index (χ1n) is 3.95. The Morgan fingerprint density at radius 3 is 2.54 bits per heavy atom. The fourth-order valence-electron chi connectivity index (χ4n) is 0.865. The molecule has 13 heavy (non-hydrogen) atoms.